The van der Waals surface area contributed by atoms with Crippen LogP contribution in [0.15, 0.2) is 0 Å². The second-order valence-electron chi connectivity index (χ2n) is 5.76. The lowest BCUT2D eigenvalue weighted by Crippen LogP contribution is -2.46. The molecule has 0 spiro atoms. The molecule has 2 aliphatic rings. The van der Waals surface area contributed by atoms with Crippen molar-refractivity contribution in [1.29, 1.82) is 0 Å². The van der Waals surface area contributed by atoms with Gasteiger partial charge < -0.3 is 10.6 Å². The minimum Gasteiger partial charge on any atom is -0.339 e. The summed E-state index contributed by atoms with van der Waals surface area (Å²) >= 11 is 0. The molecule has 0 aromatic rings. The van der Waals surface area contributed by atoms with Crippen LogP contribution in [-0.2, 0) is 4.79 Å². The van der Waals surface area contributed by atoms with E-state index in [9.17, 15) is 4.79 Å². The molecule has 2 fully saturated rings. The standard InChI is InChI=1S/C14H27N3O/c1-2-17(13-6-4-3-5-7-13)14(18)11-16-9-8-12(15)10-16/h12-13H,2-11,15H2,1H3. The van der Waals surface area contributed by atoms with Gasteiger partial charge in [-0.1, -0.05) is 19.3 Å². The Hall–Kier alpha value is -0.610. The number of likely N-dealkylation sites (tertiary alicyclic amines) is 1. The number of nitrogens with two attached hydrogens (primary N) is 1. The normalized spacial score (nSPS) is 26.4. The zero-order chi connectivity index (χ0) is 13.0. The number of hydrogen-bond donors (Lipinski definition) is 1. The maximum Gasteiger partial charge on any atom is 0.236 e. The SMILES string of the molecule is CCN(C(=O)CN1CCC(N)C1)C1CCCCC1. The van der Waals surface area contributed by atoms with Crippen LogP contribution in [0, 0.1) is 0 Å². The van der Waals surface area contributed by atoms with Crippen LogP contribution in [-0.4, -0.2) is 54.0 Å². The molecule has 4 heteroatoms. The predicted octanol–water partition coefficient (Wildman–Crippen LogP) is 1.20. The Labute approximate surface area is 110 Å². The van der Waals surface area contributed by atoms with Crippen molar-refractivity contribution in [2.24, 2.45) is 5.73 Å². The molecule has 1 saturated heterocycles. The Kier molecular flexibility index (Phi) is 5.01. The van der Waals surface area contributed by atoms with E-state index in [1.165, 1.54) is 32.1 Å². The minimum atomic E-state index is 0.266. The highest BCUT2D eigenvalue weighted by atomic mass is 16.2. The molecule has 0 aromatic carbocycles. The van der Waals surface area contributed by atoms with Crippen LogP contribution in [0.5, 0.6) is 0 Å². The highest BCUT2D eigenvalue weighted by Crippen LogP contribution is 2.22. The lowest BCUT2D eigenvalue weighted by Gasteiger charge is -2.34. The Morgan fingerprint density at radius 3 is 2.56 bits per heavy atom. The molecule has 4 nitrogen and oxygen atoms in total. The van der Waals surface area contributed by atoms with Gasteiger partial charge in [-0.3, -0.25) is 9.69 Å². The van der Waals surface area contributed by atoms with Crippen LogP contribution >= 0.6 is 0 Å². The van der Waals surface area contributed by atoms with E-state index in [0.717, 1.165) is 26.1 Å². The van der Waals surface area contributed by atoms with Gasteiger partial charge in [0.25, 0.3) is 0 Å². The van der Waals surface area contributed by atoms with Gasteiger partial charge in [0.05, 0.1) is 6.54 Å². The summed E-state index contributed by atoms with van der Waals surface area (Å²) in [5.41, 5.74) is 5.89. The summed E-state index contributed by atoms with van der Waals surface area (Å²) in [6, 6.07) is 0.759. The third-order valence-corrected chi connectivity index (χ3v) is 4.34. The first kappa shape index (κ1) is 13.8. The molecule has 2 N–H and O–H groups in total. The largest absolute Gasteiger partial charge is 0.339 e. The molecule has 2 rings (SSSR count). The molecule has 0 radical (unpaired) electrons. The van der Waals surface area contributed by atoms with Crippen molar-refractivity contribution >= 4 is 5.91 Å². The van der Waals surface area contributed by atoms with E-state index in [4.69, 9.17) is 5.73 Å². The number of carbonyl (C=O) groups is 1. The van der Waals surface area contributed by atoms with Crippen LogP contribution in [0.25, 0.3) is 0 Å². The first-order valence-electron chi connectivity index (χ1n) is 7.48. The van der Waals surface area contributed by atoms with Gasteiger partial charge in [-0.15, -0.1) is 0 Å². The molecule has 1 amide bonds. The monoisotopic (exact) mass is 253 g/mol. The van der Waals surface area contributed by atoms with Gasteiger partial charge in [0.2, 0.25) is 5.91 Å². The molecule has 1 aliphatic heterocycles. The van der Waals surface area contributed by atoms with Gasteiger partial charge in [0, 0.05) is 31.7 Å². The van der Waals surface area contributed by atoms with Crippen molar-refractivity contribution in [2.75, 3.05) is 26.2 Å². The van der Waals surface area contributed by atoms with Crippen molar-refractivity contribution < 1.29 is 4.79 Å². The number of hydrogen-bond acceptors (Lipinski definition) is 3. The summed E-state index contributed by atoms with van der Waals surface area (Å²) in [7, 11) is 0. The second kappa shape index (κ2) is 6.53. The summed E-state index contributed by atoms with van der Waals surface area (Å²) in [5.74, 6) is 0.304. The highest BCUT2D eigenvalue weighted by Gasteiger charge is 2.27. The summed E-state index contributed by atoms with van der Waals surface area (Å²) in [6.45, 7) is 5.38. The van der Waals surface area contributed by atoms with Crippen LogP contribution in [0.2, 0.25) is 0 Å². The summed E-state index contributed by atoms with van der Waals surface area (Å²) in [5, 5.41) is 0. The van der Waals surface area contributed by atoms with Crippen molar-refractivity contribution in [2.45, 2.75) is 57.5 Å². The van der Waals surface area contributed by atoms with Crippen LogP contribution in [0.1, 0.15) is 45.4 Å². The predicted molar refractivity (Wildman–Crippen MR) is 73.3 cm³/mol. The third-order valence-electron chi connectivity index (χ3n) is 4.34. The van der Waals surface area contributed by atoms with E-state index in [0.29, 0.717) is 18.5 Å². The van der Waals surface area contributed by atoms with Crippen molar-refractivity contribution in [3.8, 4) is 0 Å². The minimum absolute atomic E-state index is 0.266. The third kappa shape index (κ3) is 3.45. The molecule has 0 bridgehead atoms. The summed E-state index contributed by atoms with van der Waals surface area (Å²) in [6.07, 6.45) is 7.32. The highest BCUT2D eigenvalue weighted by molar-refractivity contribution is 5.78. The van der Waals surface area contributed by atoms with Crippen molar-refractivity contribution in [3.63, 3.8) is 0 Å². The van der Waals surface area contributed by atoms with Gasteiger partial charge in [0.1, 0.15) is 0 Å². The lowest BCUT2D eigenvalue weighted by atomic mass is 9.94. The van der Waals surface area contributed by atoms with Crippen LogP contribution in [0.3, 0.4) is 0 Å². The maximum absolute atomic E-state index is 12.4. The van der Waals surface area contributed by atoms with E-state index >= 15 is 0 Å². The molecule has 104 valence electrons. The molecule has 1 heterocycles. The fourth-order valence-electron chi connectivity index (χ4n) is 3.32. The maximum atomic E-state index is 12.4. The zero-order valence-electron chi connectivity index (χ0n) is 11.6. The molecular weight excluding hydrogens is 226 g/mol. The first-order chi connectivity index (χ1) is 8.70. The topological polar surface area (TPSA) is 49.6 Å². The average Bonchev–Trinajstić information content (AvgIpc) is 2.77. The van der Waals surface area contributed by atoms with Crippen LogP contribution < -0.4 is 5.73 Å². The molecule has 1 unspecified atom stereocenters. The van der Waals surface area contributed by atoms with Gasteiger partial charge in [-0.05, 0) is 26.2 Å². The van der Waals surface area contributed by atoms with E-state index in [-0.39, 0.29) is 6.04 Å². The lowest BCUT2D eigenvalue weighted by molar-refractivity contribution is -0.134. The molecule has 18 heavy (non-hydrogen) atoms. The fourth-order valence-corrected chi connectivity index (χ4v) is 3.32. The van der Waals surface area contributed by atoms with Gasteiger partial charge in [-0.25, -0.2) is 0 Å². The fraction of sp³-hybridized carbons (Fsp3) is 0.929. The van der Waals surface area contributed by atoms with Crippen molar-refractivity contribution in [1.82, 2.24) is 9.80 Å². The number of rotatable bonds is 4. The van der Waals surface area contributed by atoms with E-state index in [1.54, 1.807) is 0 Å². The Bertz CT molecular complexity index is 276. The number of likely N-dealkylation sites (N-methyl/N-ethyl adjacent to an activating group) is 1. The summed E-state index contributed by atoms with van der Waals surface area (Å²) < 4.78 is 0. The Balaban J connectivity index is 1.84. The quantitative estimate of drug-likeness (QED) is 0.819. The number of nitrogens with zero attached hydrogens (tertiary/aromatic N) is 2. The van der Waals surface area contributed by atoms with E-state index < -0.39 is 0 Å². The van der Waals surface area contributed by atoms with E-state index in [1.807, 2.05) is 0 Å². The second-order valence-corrected chi connectivity index (χ2v) is 5.76. The number of carbonyl (C=O) groups excluding carboxylic acids is 1. The average molecular weight is 253 g/mol. The van der Waals surface area contributed by atoms with Crippen LogP contribution in [0.4, 0.5) is 0 Å². The zero-order valence-corrected chi connectivity index (χ0v) is 11.6. The van der Waals surface area contributed by atoms with Gasteiger partial charge >= 0.3 is 0 Å². The molecule has 1 atom stereocenters. The smallest absolute Gasteiger partial charge is 0.236 e. The summed E-state index contributed by atoms with van der Waals surface area (Å²) in [4.78, 5) is 16.7. The molecular formula is C14H27N3O. The Morgan fingerprint density at radius 2 is 2.00 bits per heavy atom. The van der Waals surface area contributed by atoms with E-state index in [2.05, 4.69) is 16.7 Å². The molecule has 1 aliphatic carbocycles. The molecule has 1 saturated carbocycles. The van der Waals surface area contributed by atoms with Crippen molar-refractivity contribution in [3.05, 3.63) is 0 Å². The van der Waals surface area contributed by atoms with Gasteiger partial charge in [0.15, 0.2) is 0 Å². The molecule has 0 aromatic heterocycles. The first-order valence-corrected chi connectivity index (χ1v) is 7.48. The van der Waals surface area contributed by atoms with Gasteiger partial charge in [-0.2, -0.15) is 0 Å². The number of amides is 1. The Morgan fingerprint density at radius 1 is 1.28 bits per heavy atom.